The molecule has 3 aromatic rings. The molecular formula is C21H24FN5O. The largest absolute Gasteiger partial charge is 0.350 e. The second-order valence-electron chi connectivity index (χ2n) is 7.62. The van der Waals surface area contributed by atoms with Gasteiger partial charge in [-0.25, -0.2) is 13.9 Å². The first kappa shape index (κ1) is 18.4. The molecule has 1 atom stereocenters. The summed E-state index contributed by atoms with van der Waals surface area (Å²) in [5, 5.41) is 7.60. The molecule has 1 aliphatic heterocycles. The average Bonchev–Trinajstić information content (AvgIpc) is 3.32. The predicted octanol–water partition coefficient (Wildman–Crippen LogP) is 3.60. The quantitative estimate of drug-likeness (QED) is 0.734. The van der Waals surface area contributed by atoms with Crippen molar-refractivity contribution in [1.29, 1.82) is 0 Å². The number of fused-ring (bicyclic) bond motifs is 1. The fourth-order valence-corrected chi connectivity index (χ4v) is 3.66. The maximum atomic E-state index is 13.7. The van der Waals surface area contributed by atoms with Crippen molar-refractivity contribution in [3.8, 4) is 0 Å². The molecule has 0 saturated carbocycles. The number of rotatable bonds is 5. The second-order valence-corrected chi connectivity index (χ2v) is 7.62. The molecule has 28 heavy (non-hydrogen) atoms. The van der Waals surface area contributed by atoms with Gasteiger partial charge in [-0.05, 0) is 48.6 Å². The highest BCUT2D eigenvalue weighted by Crippen LogP contribution is 2.35. The van der Waals surface area contributed by atoms with E-state index in [0.717, 1.165) is 30.8 Å². The van der Waals surface area contributed by atoms with Gasteiger partial charge in [-0.15, -0.1) is 5.10 Å². The standard InChI is InChI=1S/C21H24FN5O/c1-14(2)12-24-21(28)18-13-23-19-8-9-20(25-27(18)19)26-10-4-7-17(26)15-5-3-6-16(22)11-15/h3,5-6,8-9,11,13-14,17H,4,7,10,12H2,1-2H3,(H,24,28). The summed E-state index contributed by atoms with van der Waals surface area (Å²) >= 11 is 0. The van der Waals surface area contributed by atoms with Gasteiger partial charge >= 0.3 is 0 Å². The van der Waals surface area contributed by atoms with Crippen molar-refractivity contribution in [1.82, 2.24) is 19.9 Å². The molecule has 0 aliphatic carbocycles. The minimum Gasteiger partial charge on any atom is -0.350 e. The van der Waals surface area contributed by atoms with Crippen molar-refractivity contribution in [2.45, 2.75) is 32.7 Å². The summed E-state index contributed by atoms with van der Waals surface area (Å²) in [5.41, 5.74) is 1.99. The third-order valence-electron chi connectivity index (χ3n) is 5.03. The van der Waals surface area contributed by atoms with Gasteiger partial charge in [0.2, 0.25) is 0 Å². The number of aromatic nitrogens is 3. The normalized spacial score (nSPS) is 16.9. The molecule has 0 bridgehead atoms. The van der Waals surface area contributed by atoms with E-state index >= 15 is 0 Å². The zero-order valence-corrected chi connectivity index (χ0v) is 16.1. The zero-order chi connectivity index (χ0) is 19.7. The molecule has 2 aromatic heterocycles. The van der Waals surface area contributed by atoms with Crippen molar-refractivity contribution in [2.24, 2.45) is 5.92 Å². The lowest BCUT2D eigenvalue weighted by molar-refractivity contribution is 0.0942. The number of amides is 1. The molecule has 1 aromatic carbocycles. The Morgan fingerprint density at radius 3 is 2.96 bits per heavy atom. The SMILES string of the molecule is CC(C)CNC(=O)c1cnc2ccc(N3CCCC3c3cccc(F)c3)nn12. The lowest BCUT2D eigenvalue weighted by atomic mass is 10.0. The van der Waals surface area contributed by atoms with Crippen LogP contribution < -0.4 is 10.2 Å². The van der Waals surface area contributed by atoms with Crippen molar-refractivity contribution in [2.75, 3.05) is 18.0 Å². The third kappa shape index (κ3) is 3.56. The maximum Gasteiger partial charge on any atom is 0.271 e. The van der Waals surface area contributed by atoms with E-state index in [4.69, 9.17) is 0 Å². The molecule has 1 saturated heterocycles. The van der Waals surface area contributed by atoms with Crippen LogP contribution in [-0.2, 0) is 0 Å². The Bertz CT molecular complexity index is 999. The number of carbonyl (C=O) groups is 1. The number of benzene rings is 1. The summed E-state index contributed by atoms with van der Waals surface area (Å²) in [6, 6.07) is 10.6. The van der Waals surface area contributed by atoms with E-state index in [1.165, 1.54) is 6.07 Å². The van der Waals surface area contributed by atoms with E-state index < -0.39 is 0 Å². The molecule has 1 fully saturated rings. The van der Waals surface area contributed by atoms with Gasteiger partial charge in [0.05, 0.1) is 12.2 Å². The number of halogens is 1. The minimum absolute atomic E-state index is 0.0717. The number of anilines is 1. The molecule has 1 amide bonds. The summed E-state index contributed by atoms with van der Waals surface area (Å²) in [6.45, 7) is 5.53. The van der Waals surface area contributed by atoms with Crippen molar-refractivity contribution in [3.05, 3.63) is 59.7 Å². The van der Waals surface area contributed by atoms with Gasteiger partial charge in [-0.3, -0.25) is 4.79 Å². The van der Waals surface area contributed by atoms with Crippen molar-refractivity contribution < 1.29 is 9.18 Å². The van der Waals surface area contributed by atoms with Crippen LogP contribution in [0, 0.1) is 11.7 Å². The zero-order valence-electron chi connectivity index (χ0n) is 16.1. The number of hydrogen-bond donors (Lipinski definition) is 1. The Kier molecular flexibility index (Phi) is 4.98. The third-order valence-corrected chi connectivity index (χ3v) is 5.03. The Hall–Kier alpha value is -2.96. The molecule has 146 valence electrons. The summed E-state index contributed by atoms with van der Waals surface area (Å²) in [5.74, 6) is 0.707. The molecule has 6 nitrogen and oxygen atoms in total. The van der Waals surface area contributed by atoms with E-state index in [1.54, 1.807) is 22.8 Å². The van der Waals surface area contributed by atoms with Crippen LogP contribution in [0.15, 0.2) is 42.6 Å². The van der Waals surface area contributed by atoms with E-state index in [1.807, 2.05) is 32.0 Å². The Morgan fingerprint density at radius 2 is 2.18 bits per heavy atom. The van der Waals surface area contributed by atoms with E-state index in [2.05, 4.69) is 20.3 Å². The highest BCUT2D eigenvalue weighted by molar-refractivity contribution is 5.93. The van der Waals surface area contributed by atoms with Gasteiger partial charge in [-0.2, -0.15) is 0 Å². The summed E-state index contributed by atoms with van der Waals surface area (Å²) in [6.07, 6.45) is 3.50. The number of carbonyl (C=O) groups excluding carboxylic acids is 1. The predicted molar refractivity (Wildman–Crippen MR) is 106 cm³/mol. The number of hydrogen-bond acceptors (Lipinski definition) is 4. The van der Waals surface area contributed by atoms with Gasteiger partial charge in [0.25, 0.3) is 5.91 Å². The van der Waals surface area contributed by atoms with E-state index in [0.29, 0.717) is 23.8 Å². The van der Waals surface area contributed by atoms with Crippen molar-refractivity contribution in [3.63, 3.8) is 0 Å². The van der Waals surface area contributed by atoms with E-state index in [-0.39, 0.29) is 17.8 Å². The number of nitrogens with one attached hydrogen (secondary N) is 1. The molecule has 1 unspecified atom stereocenters. The molecule has 0 spiro atoms. The first-order chi connectivity index (χ1) is 13.5. The van der Waals surface area contributed by atoms with Gasteiger partial charge in [0.1, 0.15) is 11.6 Å². The Morgan fingerprint density at radius 1 is 1.32 bits per heavy atom. The summed E-state index contributed by atoms with van der Waals surface area (Å²) in [7, 11) is 0. The van der Waals surface area contributed by atoms with Crippen molar-refractivity contribution >= 4 is 17.4 Å². The monoisotopic (exact) mass is 381 g/mol. The van der Waals surface area contributed by atoms with Crippen LogP contribution in [0.1, 0.15) is 48.8 Å². The highest BCUT2D eigenvalue weighted by atomic mass is 19.1. The van der Waals surface area contributed by atoms with E-state index in [9.17, 15) is 9.18 Å². The molecule has 4 rings (SSSR count). The first-order valence-electron chi connectivity index (χ1n) is 9.68. The van der Waals surface area contributed by atoms with Crippen LogP contribution in [0.5, 0.6) is 0 Å². The van der Waals surface area contributed by atoms with Gasteiger partial charge in [-0.1, -0.05) is 26.0 Å². The lowest BCUT2D eigenvalue weighted by Crippen LogP contribution is -2.29. The fourth-order valence-electron chi connectivity index (χ4n) is 3.66. The van der Waals surface area contributed by atoms with Crippen LogP contribution in [0.2, 0.25) is 0 Å². The van der Waals surface area contributed by atoms with Gasteiger partial charge in [0, 0.05) is 13.1 Å². The minimum atomic E-state index is -0.230. The smallest absolute Gasteiger partial charge is 0.271 e. The summed E-state index contributed by atoms with van der Waals surface area (Å²) < 4.78 is 15.3. The molecular weight excluding hydrogens is 357 g/mol. The number of imidazole rings is 1. The fraction of sp³-hybridized carbons (Fsp3) is 0.381. The summed E-state index contributed by atoms with van der Waals surface area (Å²) in [4.78, 5) is 19.0. The topological polar surface area (TPSA) is 62.5 Å². The van der Waals surface area contributed by atoms with Gasteiger partial charge in [0.15, 0.2) is 11.3 Å². The molecule has 1 aliphatic rings. The molecule has 1 N–H and O–H groups in total. The van der Waals surface area contributed by atoms with Gasteiger partial charge < -0.3 is 10.2 Å². The first-order valence-corrected chi connectivity index (χ1v) is 9.68. The Balaban J connectivity index is 1.65. The molecule has 3 heterocycles. The molecule has 0 radical (unpaired) electrons. The van der Waals surface area contributed by atoms with Crippen LogP contribution in [0.4, 0.5) is 10.2 Å². The maximum absolute atomic E-state index is 13.7. The average molecular weight is 381 g/mol. The van der Waals surface area contributed by atoms with Crippen LogP contribution >= 0.6 is 0 Å². The van der Waals surface area contributed by atoms with Crippen LogP contribution in [-0.4, -0.2) is 33.6 Å². The lowest BCUT2D eigenvalue weighted by Gasteiger charge is -2.26. The molecule has 7 heteroatoms. The van der Waals surface area contributed by atoms with Crippen LogP contribution in [0.25, 0.3) is 5.65 Å². The second kappa shape index (κ2) is 7.58. The van der Waals surface area contributed by atoms with Crippen LogP contribution in [0.3, 0.4) is 0 Å². The Labute approximate surface area is 163 Å². The highest BCUT2D eigenvalue weighted by Gasteiger charge is 2.28. The number of nitrogens with zero attached hydrogens (tertiary/aromatic N) is 4.